The number of carbonyl (C=O) groups is 1. The second-order valence-electron chi connectivity index (χ2n) is 11.4. The van der Waals surface area contributed by atoms with E-state index in [-0.39, 0.29) is 29.7 Å². The van der Waals surface area contributed by atoms with Gasteiger partial charge in [-0.25, -0.2) is 9.37 Å². The van der Waals surface area contributed by atoms with E-state index in [2.05, 4.69) is 66.7 Å². The number of allylic oxidation sites excluding steroid dienone is 1. The maximum absolute atomic E-state index is 13.5. The van der Waals surface area contributed by atoms with Gasteiger partial charge in [0, 0.05) is 37.9 Å². The van der Waals surface area contributed by atoms with Crippen LogP contribution in [-0.2, 0) is 4.74 Å². The smallest absolute Gasteiger partial charge is 0.255 e. The van der Waals surface area contributed by atoms with Gasteiger partial charge in [0.1, 0.15) is 17.2 Å². The van der Waals surface area contributed by atoms with Crippen molar-refractivity contribution in [1.82, 2.24) is 20.1 Å². The molecular formula is C32H44FN5O2. The van der Waals surface area contributed by atoms with Crippen molar-refractivity contribution >= 4 is 11.7 Å². The van der Waals surface area contributed by atoms with E-state index in [1.807, 2.05) is 6.08 Å². The molecule has 2 aromatic rings. The highest BCUT2D eigenvalue weighted by Gasteiger charge is 2.49. The Balaban J connectivity index is 1.55. The van der Waals surface area contributed by atoms with Crippen molar-refractivity contribution in [3.05, 3.63) is 72.7 Å². The van der Waals surface area contributed by atoms with Crippen LogP contribution in [0.4, 0.5) is 10.2 Å². The third kappa shape index (κ3) is 6.29. The Morgan fingerprint density at radius 3 is 2.55 bits per heavy atom. The number of benzene rings is 1. The summed E-state index contributed by atoms with van der Waals surface area (Å²) in [5, 5.41) is 3.19. The number of nitrogens with zero attached hydrogens (tertiary/aromatic N) is 3. The summed E-state index contributed by atoms with van der Waals surface area (Å²) in [6, 6.07) is 7.63. The number of likely N-dealkylation sites (N-methyl/N-ethyl adjacent to an activating group) is 1. The van der Waals surface area contributed by atoms with Crippen LogP contribution in [0, 0.1) is 5.82 Å². The summed E-state index contributed by atoms with van der Waals surface area (Å²) in [6.07, 6.45) is 11.3. The zero-order chi connectivity index (χ0) is 28.9. The summed E-state index contributed by atoms with van der Waals surface area (Å²) in [6.45, 7) is 14.6. The van der Waals surface area contributed by atoms with Crippen LogP contribution in [0.2, 0.25) is 0 Å². The Hall–Kier alpha value is -3.07. The van der Waals surface area contributed by atoms with Crippen molar-refractivity contribution in [1.29, 1.82) is 0 Å². The number of carbonyl (C=O) groups excluding carboxylic acids is 1. The number of anilines is 1. The van der Waals surface area contributed by atoms with Crippen LogP contribution in [0.3, 0.4) is 0 Å². The summed E-state index contributed by atoms with van der Waals surface area (Å²) in [4.78, 5) is 22.5. The molecule has 2 aliphatic rings. The van der Waals surface area contributed by atoms with Crippen molar-refractivity contribution in [2.45, 2.75) is 69.7 Å². The predicted octanol–water partition coefficient (Wildman–Crippen LogP) is 5.05. The highest BCUT2D eigenvalue weighted by Crippen LogP contribution is 2.39. The monoisotopic (exact) mass is 549 g/mol. The van der Waals surface area contributed by atoms with Crippen LogP contribution in [0.1, 0.15) is 56.8 Å². The maximum atomic E-state index is 13.5. The lowest BCUT2D eigenvalue weighted by Crippen LogP contribution is -2.65. The van der Waals surface area contributed by atoms with Crippen LogP contribution >= 0.6 is 0 Å². The van der Waals surface area contributed by atoms with Gasteiger partial charge in [-0.05, 0) is 70.3 Å². The van der Waals surface area contributed by atoms with Crippen LogP contribution in [-0.4, -0.2) is 77.2 Å². The fraction of sp³-hybridized carbons (Fsp3) is 0.500. The van der Waals surface area contributed by atoms with Crippen LogP contribution in [0.25, 0.3) is 11.1 Å². The summed E-state index contributed by atoms with van der Waals surface area (Å²) < 4.78 is 20.4. The molecule has 2 heterocycles. The van der Waals surface area contributed by atoms with E-state index in [4.69, 9.17) is 10.5 Å². The molecule has 3 N–H and O–H groups in total. The molecule has 1 amide bonds. The van der Waals surface area contributed by atoms with E-state index in [9.17, 15) is 9.18 Å². The molecule has 2 unspecified atom stereocenters. The number of halogens is 1. The molecule has 1 aliphatic heterocycles. The normalized spacial score (nSPS) is 23.5. The first-order valence-electron chi connectivity index (χ1n) is 14.3. The molecule has 216 valence electrons. The molecule has 1 aromatic heterocycles. The number of hydrogen-bond donors (Lipinski definition) is 2. The number of nitrogens with two attached hydrogens (primary N) is 1. The molecule has 1 saturated carbocycles. The number of ether oxygens (including phenoxy) is 1. The SMILES string of the molecule is C=C[C@](C)(N1CCN(C)CC1)C(C)(C=CCC)OC1CCC[C@@H]1NC(=O)c1cc(-c2ccc(F)cc2)cnc1N. The molecule has 1 aliphatic carbocycles. The van der Waals surface area contributed by atoms with E-state index in [0.29, 0.717) is 11.1 Å². The second-order valence-corrected chi connectivity index (χ2v) is 11.4. The molecule has 4 rings (SSSR count). The van der Waals surface area contributed by atoms with E-state index >= 15 is 0 Å². The second kappa shape index (κ2) is 12.6. The fourth-order valence-electron chi connectivity index (χ4n) is 5.84. The lowest BCUT2D eigenvalue weighted by atomic mass is 9.79. The molecule has 1 aromatic carbocycles. The minimum absolute atomic E-state index is 0.156. The molecule has 4 atom stereocenters. The average Bonchev–Trinajstić information content (AvgIpc) is 3.38. The van der Waals surface area contributed by atoms with Crippen molar-refractivity contribution in [2.24, 2.45) is 0 Å². The van der Waals surface area contributed by atoms with Crippen LogP contribution in [0.15, 0.2) is 61.3 Å². The zero-order valence-electron chi connectivity index (χ0n) is 24.3. The molecule has 1 saturated heterocycles. The van der Waals surface area contributed by atoms with Gasteiger partial charge in [-0.2, -0.15) is 0 Å². The third-order valence-corrected chi connectivity index (χ3v) is 8.74. The van der Waals surface area contributed by atoms with Gasteiger partial charge in [0.25, 0.3) is 5.91 Å². The number of nitrogens with one attached hydrogen (secondary N) is 1. The van der Waals surface area contributed by atoms with Gasteiger partial charge in [-0.15, -0.1) is 6.58 Å². The first-order chi connectivity index (χ1) is 19.1. The lowest BCUT2D eigenvalue weighted by Gasteiger charge is -2.53. The Morgan fingerprint density at radius 2 is 1.90 bits per heavy atom. The predicted molar refractivity (Wildman–Crippen MR) is 160 cm³/mol. The molecule has 0 spiro atoms. The summed E-state index contributed by atoms with van der Waals surface area (Å²) in [7, 11) is 2.15. The highest BCUT2D eigenvalue weighted by atomic mass is 19.1. The molecule has 8 heteroatoms. The zero-order valence-corrected chi connectivity index (χ0v) is 24.3. The van der Waals surface area contributed by atoms with Crippen molar-refractivity contribution < 1.29 is 13.9 Å². The van der Waals surface area contributed by atoms with Gasteiger partial charge in [-0.1, -0.05) is 37.3 Å². The highest BCUT2D eigenvalue weighted by molar-refractivity contribution is 5.99. The van der Waals surface area contributed by atoms with E-state index in [0.717, 1.165) is 57.4 Å². The molecule has 7 nitrogen and oxygen atoms in total. The quantitative estimate of drug-likeness (QED) is 0.404. The summed E-state index contributed by atoms with van der Waals surface area (Å²) >= 11 is 0. The van der Waals surface area contributed by atoms with Crippen LogP contribution in [0.5, 0.6) is 0 Å². The fourth-order valence-corrected chi connectivity index (χ4v) is 5.84. The number of amides is 1. The van der Waals surface area contributed by atoms with Gasteiger partial charge in [0.15, 0.2) is 0 Å². The van der Waals surface area contributed by atoms with Gasteiger partial charge in [0.2, 0.25) is 0 Å². The van der Waals surface area contributed by atoms with Gasteiger partial charge in [-0.3, -0.25) is 9.69 Å². The first kappa shape index (κ1) is 29.9. The number of hydrogen-bond acceptors (Lipinski definition) is 6. The molecule has 2 fully saturated rings. The van der Waals surface area contributed by atoms with E-state index < -0.39 is 11.1 Å². The largest absolute Gasteiger partial charge is 0.383 e. The standard InChI is InChI=1S/C32H44FN5O2/c1-6-8-16-32(4,31(3,7-2)38-19-17-37(5)18-20-38)40-28-11-9-10-27(28)36-30(39)26-21-24(22-35-29(26)34)23-12-14-25(33)15-13-23/h7-8,12-16,21-22,27-28H,2,6,9-11,17-20H2,1,3-5H3,(H2,34,35)(H,36,39)/t27-,28?,31-,32?/m0/s1. The third-order valence-electron chi connectivity index (χ3n) is 8.74. The summed E-state index contributed by atoms with van der Waals surface area (Å²) in [5.41, 5.74) is 6.81. The molecule has 40 heavy (non-hydrogen) atoms. The number of aromatic nitrogens is 1. The van der Waals surface area contributed by atoms with Crippen molar-refractivity contribution in [3.63, 3.8) is 0 Å². The molecule has 0 radical (unpaired) electrons. The number of piperazine rings is 1. The van der Waals surface area contributed by atoms with Crippen molar-refractivity contribution in [2.75, 3.05) is 39.0 Å². The Kier molecular flexibility index (Phi) is 9.44. The van der Waals surface area contributed by atoms with Crippen molar-refractivity contribution in [3.8, 4) is 11.1 Å². The Bertz CT molecular complexity index is 1210. The van der Waals surface area contributed by atoms with Crippen LogP contribution < -0.4 is 11.1 Å². The minimum atomic E-state index is -0.651. The molecule has 0 bridgehead atoms. The van der Waals surface area contributed by atoms with Gasteiger partial charge < -0.3 is 20.7 Å². The maximum Gasteiger partial charge on any atom is 0.255 e. The van der Waals surface area contributed by atoms with Gasteiger partial charge >= 0.3 is 0 Å². The minimum Gasteiger partial charge on any atom is -0.383 e. The number of nitrogen functional groups attached to an aromatic ring is 1. The number of rotatable bonds is 10. The Morgan fingerprint density at radius 1 is 1.20 bits per heavy atom. The lowest BCUT2D eigenvalue weighted by molar-refractivity contribution is -0.130. The first-order valence-corrected chi connectivity index (χ1v) is 14.3. The van der Waals surface area contributed by atoms with E-state index in [1.165, 1.54) is 12.1 Å². The average molecular weight is 550 g/mol. The van der Waals surface area contributed by atoms with Gasteiger partial charge in [0.05, 0.1) is 23.2 Å². The topological polar surface area (TPSA) is 83.7 Å². The van der Waals surface area contributed by atoms with E-state index in [1.54, 1.807) is 24.4 Å². The Labute approximate surface area is 238 Å². The number of pyridine rings is 1. The summed E-state index contributed by atoms with van der Waals surface area (Å²) in [5.74, 6) is -0.451. The molecular weight excluding hydrogens is 505 g/mol.